The number of likely N-dealkylation sites (tertiary alicyclic amines) is 1. The predicted molar refractivity (Wildman–Crippen MR) is 93.3 cm³/mol. The Morgan fingerprint density at radius 1 is 1.41 bits per heavy atom. The van der Waals surface area contributed by atoms with Crippen molar-refractivity contribution >= 4 is 18.3 Å². The second-order valence-electron chi connectivity index (χ2n) is 6.20. The summed E-state index contributed by atoms with van der Waals surface area (Å²) in [5, 5.41) is 3.04. The van der Waals surface area contributed by atoms with Gasteiger partial charge in [-0.1, -0.05) is 19.1 Å². The summed E-state index contributed by atoms with van der Waals surface area (Å²) in [6.07, 6.45) is 2.59. The molecule has 1 fully saturated rings. The van der Waals surface area contributed by atoms with Crippen molar-refractivity contribution < 1.29 is 4.79 Å². The van der Waals surface area contributed by atoms with Gasteiger partial charge in [0.2, 0.25) is 0 Å². The lowest BCUT2D eigenvalue weighted by molar-refractivity contribution is 0.0917. The summed E-state index contributed by atoms with van der Waals surface area (Å²) in [4.78, 5) is 14.6. The first-order valence-corrected chi connectivity index (χ1v) is 7.91. The molecule has 0 bridgehead atoms. The average Bonchev–Trinajstić information content (AvgIpc) is 2.52. The lowest BCUT2D eigenvalue weighted by Crippen LogP contribution is -2.46. The van der Waals surface area contributed by atoms with E-state index in [1.54, 1.807) is 0 Å². The maximum absolute atomic E-state index is 12.1. The van der Waals surface area contributed by atoms with Gasteiger partial charge < -0.3 is 11.1 Å². The van der Waals surface area contributed by atoms with E-state index in [9.17, 15) is 4.79 Å². The average molecular weight is 326 g/mol. The standard InChI is InChI=1S/C17H27N3O.ClH/c1-13-4-3-9-20(12-13)14(2)11-19-17(21)16-7-5-15(10-18)6-8-16;/h5-8,13-14H,3-4,9-12,18H2,1-2H3,(H,19,21);1H. The van der Waals surface area contributed by atoms with E-state index in [2.05, 4.69) is 24.1 Å². The van der Waals surface area contributed by atoms with Crippen molar-refractivity contribution in [3.05, 3.63) is 35.4 Å². The van der Waals surface area contributed by atoms with Crippen molar-refractivity contribution in [3.63, 3.8) is 0 Å². The van der Waals surface area contributed by atoms with Gasteiger partial charge in [0.05, 0.1) is 0 Å². The lowest BCUT2D eigenvalue weighted by Gasteiger charge is -2.35. The second-order valence-corrected chi connectivity index (χ2v) is 6.20. The van der Waals surface area contributed by atoms with Gasteiger partial charge in [0.25, 0.3) is 5.91 Å². The first-order valence-electron chi connectivity index (χ1n) is 7.91. The van der Waals surface area contributed by atoms with Gasteiger partial charge in [-0.25, -0.2) is 0 Å². The summed E-state index contributed by atoms with van der Waals surface area (Å²) in [6.45, 7) is 7.98. The predicted octanol–water partition coefficient (Wildman–Crippen LogP) is 2.42. The zero-order valence-corrected chi connectivity index (χ0v) is 14.4. The van der Waals surface area contributed by atoms with Gasteiger partial charge in [0.1, 0.15) is 0 Å². The molecule has 2 atom stereocenters. The van der Waals surface area contributed by atoms with E-state index in [1.165, 1.54) is 12.8 Å². The van der Waals surface area contributed by atoms with Gasteiger partial charge in [-0.05, 0) is 49.9 Å². The van der Waals surface area contributed by atoms with Crippen LogP contribution < -0.4 is 11.1 Å². The van der Waals surface area contributed by atoms with E-state index >= 15 is 0 Å². The highest BCUT2D eigenvalue weighted by Gasteiger charge is 2.21. The normalized spacial score (nSPS) is 20.0. The van der Waals surface area contributed by atoms with Crippen LogP contribution in [-0.4, -0.2) is 36.5 Å². The zero-order chi connectivity index (χ0) is 15.2. The van der Waals surface area contributed by atoms with Crippen LogP contribution in [0.15, 0.2) is 24.3 Å². The van der Waals surface area contributed by atoms with Crippen LogP contribution in [0.2, 0.25) is 0 Å². The largest absolute Gasteiger partial charge is 0.350 e. The van der Waals surface area contributed by atoms with E-state index in [0.29, 0.717) is 24.7 Å². The van der Waals surface area contributed by atoms with Gasteiger partial charge in [0, 0.05) is 31.2 Å². The third-order valence-corrected chi connectivity index (χ3v) is 4.32. The van der Waals surface area contributed by atoms with Crippen molar-refractivity contribution in [1.82, 2.24) is 10.2 Å². The summed E-state index contributed by atoms with van der Waals surface area (Å²) >= 11 is 0. The van der Waals surface area contributed by atoms with E-state index in [4.69, 9.17) is 5.73 Å². The quantitative estimate of drug-likeness (QED) is 0.874. The summed E-state index contributed by atoms with van der Waals surface area (Å²) < 4.78 is 0. The summed E-state index contributed by atoms with van der Waals surface area (Å²) in [6, 6.07) is 7.88. The fraction of sp³-hybridized carbons (Fsp3) is 0.588. The van der Waals surface area contributed by atoms with E-state index in [1.807, 2.05) is 24.3 Å². The van der Waals surface area contributed by atoms with Crippen LogP contribution in [0.5, 0.6) is 0 Å². The van der Waals surface area contributed by atoms with Gasteiger partial charge in [-0.3, -0.25) is 9.69 Å². The van der Waals surface area contributed by atoms with Crippen LogP contribution in [0.25, 0.3) is 0 Å². The molecule has 0 radical (unpaired) electrons. The number of carbonyl (C=O) groups excluding carboxylic acids is 1. The number of rotatable bonds is 5. The molecule has 0 aliphatic carbocycles. The molecule has 4 nitrogen and oxygen atoms in total. The Kier molecular flexibility index (Phi) is 7.87. The maximum atomic E-state index is 12.1. The number of hydrogen-bond donors (Lipinski definition) is 2. The molecule has 2 unspecified atom stereocenters. The molecular weight excluding hydrogens is 298 g/mol. The highest BCUT2D eigenvalue weighted by Crippen LogP contribution is 2.17. The molecular formula is C17H28ClN3O. The van der Waals surface area contributed by atoms with Crippen molar-refractivity contribution in [2.75, 3.05) is 19.6 Å². The minimum absolute atomic E-state index is 0. The highest BCUT2D eigenvalue weighted by atomic mass is 35.5. The minimum atomic E-state index is -0.00419. The summed E-state index contributed by atoms with van der Waals surface area (Å²) in [5.41, 5.74) is 7.31. The number of amides is 1. The van der Waals surface area contributed by atoms with Crippen LogP contribution in [0.1, 0.15) is 42.6 Å². The zero-order valence-electron chi connectivity index (χ0n) is 13.5. The third kappa shape index (κ3) is 5.27. The number of piperidine rings is 1. The van der Waals surface area contributed by atoms with Gasteiger partial charge in [0.15, 0.2) is 0 Å². The molecule has 1 aromatic carbocycles. The SMILES string of the molecule is CC1CCCN(C(C)CNC(=O)c2ccc(CN)cc2)C1.Cl. The number of nitrogens with one attached hydrogen (secondary N) is 1. The molecule has 1 saturated heterocycles. The molecule has 124 valence electrons. The molecule has 1 aliphatic heterocycles. The number of nitrogens with zero attached hydrogens (tertiary/aromatic N) is 1. The number of halogens is 1. The maximum Gasteiger partial charge on any atom is 0.251 e. The van der Waals surface area contributed by atoms with Crippen molar-refractivity contribution in [3.8, 4) is 0 Å². The smallest absolute Gasteiger partial charge is 0.251 e. The van der Waals surface area contributed by atoms with Crippen LogP contribution in [0.3, 0.4) is 0 Å². The van der Waals surface area contributed by atoms with Gasteiger partial charge in [-0.15, -0.1) is 12.4 Å². The Hall–Kier alpha value is -1.10. The molecule has 1 heterocycles. The first-order chi connectivity index (χ1) is 10.1. The van der Waals surface area contributed by atoms with E-state index in [0.717, 1.165) is 24.6 Å². The van der Waals surface area contributed by atoms with Crippen molar-refractivity contribution in [2.24, 2.45) is 11.7 Å². The Balaban J connectivity index is 0.00000242. The molecule has 0 spiro atoms. The topological polar surface area (TPSA) is 58.4 Å². The molecule has 22 heavy (non-hydrogen) atoms. The Morgan fingerprint density at radius 3 is 2.68 bits per heavy atom. The summed E-state index contributed by atoms with van der Waals surface area (Å²) in [7, 11) is 0. The third-order valence-electron chi connectivity index (χ3n) is 4.32. The van der Waals surface area contributed by atoms with Crippen LogP contribution >= 0.6 is 12.4 Å². The molecule has 3 N–H and O–H groups in total. The van der Waals surface area contributed by atoms with Crippen LogP contribution in [0, 0.1) is 5.92 Å². The Bertz CT molecular complexity index is 463. The van der Waals surface area contributed by atoms with Crippen LogP contribution in [0.4, 0.5) is 0 Å². The number of hydrogen-bond acceptors (Lipinski definition) is 3. The molecule has 0 saturated carbocycles. The molecule has 5 heteroatoms. The fourth-order valence-electron chi connectivity index (χ4n) is 2.89. The molecule has 0 aromatic heterocycles. The first kappa shape index (κ1) is 18.9. The monoisotopic (exact) mass is 325 g/mol. The lowest BCUT2D eigenvalue weighted by atomic mass is 9.99. The van der Waals surface area contributed by atoms with Gasteiger partial charge >= 0.3 is 0 Å². The Labute approximate surface area is 139 Å². The van der Waals surface area contributed by atoms with Crippen molar-refractivity contribution in [1.29, 1.82) is 0 Å². The number of nitrogens with two attached hydrogens (primary N) is 1. The van der Waals surface area contributed by atoms with Crippen molar-refractivity contribution in [2.45, 2.75) is 39.3 Å². The van der Waals surface area contributed by atoms with Crippen LogP contribution in [-0.2, 0) is 6.54 Å². The number of carbonyl (C=O) groups is 1. The molecule has 1 amide bonds. The molecule has 2 rings (SSSR count). The van der Waals surface area contributed by atoms with Gasteiger partial charge in [-0.2, -0.15) is 0 Å². The minimum Gasteiger partial charge on any atom is -0.350 e. The van der Waals surface area contributed by atoms with E-state index in [-0.39, 0.29) is 18.3 Å². The molecule has 1 aromatic rings. The summed E-state index contributed by atoms with van der Waals surface area (Å²) in [5.74, 6) is 0.760. The highest BCUT2D eigenvalue weighted by molar-refractivity contribution is 5.94. The van der Waals surface area contributed by atoms with E-state index < -0.39 is 0 Å². The number of benzene rings is 1. The molecule has 1 aliphatic rings. The fourth-order valence-corrected chi connectivity index (χ4v) is 2.89. The Morgan fingerprint density at radius 2 is 2.09 bits per heavy atom. The second kappa shape index (κ2) is 9.13.